The van der Waals surface area contributed by atoms with Gasteiger partial charge in [-0.15, -0.1) is 0 Å². The zero-order valence-corrected chi connectivity index (χ0v) is 11.4. The Bertz CT molecular complexity index is 343. The van der Waals surface area contributed by atoms with Gasteiger partial charge >= 0.3 is 35.5 Å². The van der Waals surface area contributed by atoms with Crippen LogP contribution in [-0.4, -0.2) is 16.6 Å². The molecule has 0 atom stereocenters. The molecule has 0 aliphatic heterocycles. The van der Waals surface area contributed by atoms with Crippen LogP contribution in [0.25, 0.3) is 0 Å². The maximum atomic E-state index is 10.5. The van der Waals surface area contributed by atoms with Gasteiger partial charge in [0.1, 0.15) is 0 Å². The SMILES string of the molecule is O=C(O)c1ccc(Cl)c(Cl)c1Cl.[Na+].[OH-]. The van der Waals surface area contributed by atoms with Crippen LogP contribution in [0.15, 0.2) is 12.1 Å². The normalized spacial score (nSPS) is 8.50. The molecule has 1 rings (SSSR count). The van der Waals surface area contributed by atoms with Crippen LogP contribution in [0.5, 0.6) is 0 Å². The standard InChI is InChI=1S/C7H3Cl3O2.Na.H2O/c8-4-2-1-3(7(11)12)5(9)6(4)10;;/h1-2H,(H,11,12);;1H2/q;+1;/p-1. The molecule has 72 valence electrons. The van der Waals surface area contributed by atoms with Gasteiger partial charge in [-0.25, -0.2) is 4.79 Å². The quantitative estimate of drug-likeness (QED) is 0.581. The van der Waals surface area contributed by atoms with Crippen molar-refractivity contribution >= 4 is 40.8 Å². The zero-order chi connectivity index (χ0) is 9.30. The summed E-state index contributed by atoms with van der Waals surface area (Å²) in [4.78, 5) is 10.5. The number of rotatable bonds is 1. The van der Waals surface area contributed by atoms with E-state index in [1.165, 1.54) is 12.1 Å². The number of carbonyl (C=O) groups is 1. The summed E-state index contributed by atoms with van der Waals surface area (Å²) in [7, 11) is 0. The first-order chi connectivity index (χ1) is 5.54. The minimum atomic E-state index is -1.13. The molecular weight excluding hydrogens is 261 g/mol. The molecular formula is C7H4Cl3NaO3. The number of benzene rings is 1. The van der Waals surface area contributed by atoms with Crippen LogP contribution in [0.3, 0.4) is 0 Å². The summed E-state index contributed by atoms with van der Waals surface area (Å²) in [6.45, 7) is 0. The maximum Gasteiger partial charge on any atom is 1.00 e. The van der Waals surface area contributed by atoms with Crippen LogP contribution >= 0.6 is 34.8 Å². The summed E-state index contributed by atoms with van der Waals surface area (Å²) in [6.07, 6.45) is 0. The van der Waals surface area contributed by atoms with Gasteiger partial charge in [-0.05, 0) is 12.1 Å². The molecule has 0 saturated carbocycles. The van der Waals surface area contributed by atoms with Crippen LogP contribution in [0.2, 0.25) is 15.1 Å². The minimum absolute atomic E-state index is 0. The minimum Gasteiger partial charge on any atom is -0.870 e. The molecule has 3 nitrogen and oxygen atoms in total. The molecule has 1 aromatic carbocycles. The summed E-state index contributed by atoms with van der Waals surface area (Å²) in [5, 5.41) is 8.87. The summed E-state index contributed by atoms with van der Waals surface area (Å²) >= 11 is 16.8. The Morgan fingerprint density at radius 1 is 1.14 bits per heavy atom. The third kappa shape index (κ3) is 3.59. The number of hydrogen-bond donors (Lipinski definition) is 1. The summed E-state index contributed by atoms with van der Waals surface area (Å²) in [6, 6.07) is 2.69. The Morgan fingerprint density at radius 3 is 2.07 bits per heavy atom. The van der Waals surface area contributed by atoms with Crippen molar-refractivity contribution in [2.24, 2.45) is 0 Å². The fourth-order valence-corrected chi connectivity index (χ4v) is 1.31. The summed E-state index contributed by atoms with van der Waals surface area (Å²) in [5.74, 6) is -1.13. The van der Waals surface area contributed by atoms with Gasteiger partial charge in [-0.2, -0.15) is 0 Å². The number of carboxylic acid groups (broad SMARTS) is 1. The van der Waals surface area contributed by atoms with E-state index in [1.54, 1.807) is 0 Å². The first-order valence-corrected chi connectivity index (χ1v) is 4.04. The van der Waals surface area contributed by atoms with E-state index in [9.17, 15) is 4.79 Å². The van der Waals surface area contributed by atoms with E-state index in [1.807, 2.05) is 0 Å². The topological polar surface area (TPSA) is 67.3 Å². The van der Waals surface area contributed by atoms with Crippen molar-refractivity contribution in [1.29, 1.82) is 0 Å². The van der Waals surface area contributed by atoms with Crippen LogP contribution in [0.4, 0.5) is 0 Å². The fourth-order valence-electron chi connectivity index (χ4n) is 0.691. The number of aromatic carboxylic acids is 1. The van der Waals surface area contributed by atoms with Crippen LogP contribution < -0.4 is 29.6 Å². The van der Waals surface area contributed by atoms with Crippen molar-refractivity contribution in [3.8, 4) is 0 Å². The van der Waals surface area contributed by atoms with E-state index in [0.29, 0.717) is 0 Å². The van der Waals surface area contributed by atoms with Gasteiger partial charge in [0.15, 0.2) is 0 Å². The van der Waals surface area contributed by atoms with E-state index >= 15 is 0 Å². The molecule has 0 amide bonds. The first kappa shape index (κ1) is 16.9. The van der Waals surface area contributed by atoms with E-state index < -0.39 is 5.97 Å². The Kier molecular flexibility index (Phi) is 8.35. The molecule has 0 saturated heterocycles. The Labute approximate surface area is 118 Å². The molecule has 0 spiro atoms. The zero-order valence-electron chi connectivity index (χ0n) is 7.09. The Balaban J connectivity index is 0. The van der Waals surface area contributed by atoms with Gasteiger partial charge < -0.3 is 10.6 Å². The van der Waals surface area contributed by atoms with E-state index in [0.717, 1.165) is 0 Å². The van der Waals surface area contributed by atoms with Gasteiger partial charge in [0, 0.05) is 0 Å². The van der Waals surface area contributed by atoms with Crippen molar-refractivity contribution in [3.05, 3.63) is 32.8 Å². The largest absolute Gasteiger partial charge is 1.00 e. The van der Waals surface area contributed by atoms with Crippen molar-refractivity contribution in [3.63, 3.8) is 0 Å². The van der Waals surface area contributed by atoms with Crippen LogP contribution in [0, 0.1) is 0 Å². The fraction of sp³-hybridized carbons (Fsp3) is 0. The molecule has 0 bridgehead atoms. The third-order valence-corrected chi connectivity index (χ3v) is 2.56. The van der Waals surface area contributed by atoms with Gasteiger partial charge in [-0.3, -0.25) is 0 Å². The van der Waals surface area contributed by atoms with Crippen LogP contribution in [0.1, 0.15) is 10.4 Å². The van der Waals surface area contributed by atoms with Crippen molar-refractivity contribution in [2.75, 3.05) is 0 Å². The number of halogens is 3. The second kappa shape index (κ2) is 6.90. The number of hydrogen-bond acceptors (Lipinski definition) is 2. The Morgan fingerprint density at radius 2 is 1.64 bits per heavy atom. The van der Waals surface area contributed by atoms with Gasteiger partial charge in [-0.1, -0.05) is 34.8 Å². The van der Waals surface area contributed by atoms with Crippen molar-refractivity contribution in [1.82, 2.24) is 0 Å². The van der Waals surface area contributed by atoms with E-state index in [4.69, 9.17) is 39.9 Å². The molecule has 0 aliphatic rings. The molecule has 1 aromatic rings. The molecule has 7 heteroatoms. The maximum absolute atomic E-state index is 10.5. The average Bonchev–Trinajstić information content (AvgIpc) is 2.00. The molecule has 0 fully saturated rings. The molecule has 0 radical (unpaired) electrons. The predicted molar refractivity (Wildman–Crippen MR) is 50.4 cm³/mol. The molecule has 0 aliphatic carbocycles. The summed E-state index contributed by atoms with van der Waals surface area (Å²) in [5.41, 5.74) is -0.0499. The smallest absolute Gasteiger partial charge is 0.870 e. The monoisotopic (exact) mass is 264 g/mol. The van der Waals surface area contributed by atoms with Crippen LogP contribution in [-0.2, 0) is 0 Å². The predicted octanol–water partition coefficient (Wildman–Crippen LogP) is 0.172. The van der Waals surface area contributed by atoms with Gasteiger partial charge in [0.25, 0.3) is 0 Å². The van der Waals surface area contributed by atoms with E-state index in [2.05, 4.69) is 0 Å². The molecule has 0 aromatic heterocycles. The second-order valence-electron chi connectivity index (χ2n) is 2.03. The molecule has 14 heavy (non-hydrogen) atoms. The van der Waals surface area contributed by atoms with Gasteiger partial charge in [0.05, 0.1) is 20.6 Å². The van der Waals surface area contributed by atoms with Gasteiger partial charge in [0.2, 0.25) is 0 Å². The van der Waals surface area contributed by atoms with E-state index in [-0.39, 0.29) is 55.7 Å². The van der Waals surface area contributed by atoms with Crippen molar-refractivity contribution < 1.29 is 44.9 Å². The summed E-state index contributed by atoms with van der Waals surface area (Å²) < 4.78 is 0. The molecule has 0 unspecified atom stereocenters. The average molecular weight is 265 g/mol. The molecule has 2 N–H and O–H groups in total. The third-order valence-electron chi connectivity index (χ3n) is 1.27. The molecule has 0 heterocycles. The number of carboxylic acids is 1. The first-order valence-electron chi connectivity index (χ1n) is 2.91. The second-order valence-corrected chi connectivity index (χ2v) is 3.19. The Hall–Kier alpha value is 0.520. The van der Waals surface area contributed by atoms with Crippen molar-refractivity contribution in [2.45, 2.75) is 0 Å².